The minimum atomic E-state index is 0.680. The van der Waals surface area contributed by atoms with Crippen molar-refractivity contribution >= 4 is 5.69 Å². The lowest BCUT2D eigenvalue weighted by Gasteiger charge is -2.39. The van der Waals surface area contributed by atoms with Gasteiger partial charge in [0, 0.05) is 70.4 Å². The molecule has 1 aromatic carbocycles. The van der Waals surface area contributed by atoms with E-state index in [1.807, 2.05) is 12.3 Å². The quantitative estimate of drug-likeness (QED) is 0.670. The normalized spacial score (nSPS) is 24.7. The van der Waals surface area contributed by atoms with Crippen molar-refractivity contribution in [1.29, 1.82) is 0 Å². The molecule has 0 bridgehead atoms. The maximum absolute atomic E-state index is 5.88. The summed E-state index contributed by atoms with van der Waals surface area (Å²) < 4.78 is 5.88. The second kappa shape index (κ2) is 9.55. The molecule has 1 saturated carbocycles. The fourth-order valence-electron chi connectivity index (χ4n) is 4.78. The van der Waals surface area contributed by atoms with Gasteiger partial charge in [0.25, 0.3) is 0 Å². The van der Waals surface area contributed by atoms with Crippen molar-refractivity contribution in [2.24, 2.45) is 5.92 Å². The van der Waals surface area contributed by atoms with Crippen LogP contribution < -0.4 is 15.0 Å². The molecule has 0 unspecified atom stereocenters. The third kappa shape index (κ3) is 5.37. The molecule has 1 aromatic heterocycles. The van der Waals surface area contributed by atoms with Gasteiger partial charge >= 0.3 is 0 Å². The number of nitrogens with one attached hydrogen (secondary N) is 1. The standard InChI is InChI=1S/C25H35N5O/c1-28-9-11-30(12-10-28)22-7-8-25(27-17-22)31-14-13-29-18-20(19-29)16-26-24-15-23(24)21-5-3-2-4-6-21/h2-8,17,20,23-24,26H,9-16,18-19H2,1H3/t23-,24+/m1/s1. The third-order valence-electron chi connectivity index (χ3n) is 6.97. The van der Waals surface area contributed by atoms with E-state index < -0.39 is 0 Å². The number of rotatable bonds is 9. The number of anilines is 1. The van der Waals surface area contributed by atoms with E-state index in [0.29, 0.717) is 12.6 Å². The second-order valence-corrected chi connectivity index (χ2v) is 9.39. The van der Waals surface area contributed by atoms with Crippen molar-refractivity contribution in [3.8, 4) is 5.88 Å². The molecule has 3 aliphatic rings. The summed E-state index contributed by atoms with van der Waals surface area (Å²) in [6.07, 6.45) is 3.24. The number of hydrogen-bond acceptors (Lipinski definition) is 6. The number of aromatic nitrogens is 1. The fraction of sp³-hybridized carbons (Fsp3) is 0.560. The van der Waals surface area contributed by atoms with Crippen LogP contribution >= 0.6 is 0 Å². The number of likely N-dealkylation sites (tertiary alicyclic amines) is 1. The highest BCUT2D eigenvalue weighted by molar-refractivity contribution is 5.45. The maximum Gasteiger partial charge on any atom is 0.213 e. The number of piperazine rings is 1. The fourth-order valence-corrected chi connectivity index (χ4v) is 4.78. The van der Waals surface area contributed by atoms with Gasteiger partial charge in [0.15, 0.2) is 0 Å². The Hall–Kier alpha value is -2.15. The van der Waals surface area contributed by atoms with Gasteiger partial charge in [0.1, 0.15) is 6.61 Å². The van der Waals surface area contributed by atoms with Crippen LogP contribution in [0.15, 0.2) is 48.7 Å². The lowest BCUT2D eigenvalue weighted by molar-refractivity contribution is 0.0812. The highest BCUT2D eigenvalue weighted by Gasteiger charge is 2.38. The third-order valence-corrected chi connectivity index (χ3v) is 6.97. The zero-order valence-corrected chi connectivity index (χ0v) is 18.6. The summed E-state index contributed by atoms with van der Waals surface area (Å²) in [6, 6.07) is 15.7. The summed E-state index contributed by atoms with van der Waals surface area (Å²) in [5, 5.41) is 3.77. The lowest BCUT2D eigenvalue weighted by Crippen LogP contribution is -2.52. The van der Waals surface area contributed by atoms with E-state index in [4.69, 9.17) is 4.74 Å². The van der Waals surface area contributed by atoms with Gasteiger partial charge in [-0.1, -0.05) is 30.3 Å². The Morgan fingerprint density at radius 3 is 2.58 bits per heavy atom. The summed E-state index contributed by atoms with van der Waals surface area (Å²) in [7, 11) is 2.18. The first-order valence-electron chi connectivity index (χ1n) is 11.8. The van der Waals surface area contributed by atoms with Crippen molar-refractivity contribution in [2.75, 3.05) is 70.9 Å². The van der Waals surface area contributed by atoms with E-state index >= 15 is 0 Å². The Balaban J connectivity index is 0.945. The van der Waals surface area contributed by atoms with Crippen LogP contribution in [0.25, 0.3) is 0 Å². The summed E-state index contributed by atoms with van der Waals surface area (Å²) in [6.45, 7) is 9.53. The van der Waals surface area contributed by atoms with Crippen LogP contribution in [0.5, 0.6) is 5.88 Å². The molecule has 3 fully saturated rings. The zero-order valence-electron chi connectivity index (χ0n) is 18.6. The van der Waals surface area contributed by atoms with Crippen molar-refractivity contribution in [3.63, 3.8) is 0 Å². The van der Waals surface area contributed by atoms with Crippen molar-refractivity contribution in [1.82, 2.24) is 20.1 Å². The molecule has 0 spiro atoms. The molecule has 31 heavy (non-hydrogen) atoms. The minimum Gasteiger partial charge on any atom is -0.476 e. The number of hydrogen-bond donors (Lipinski definition) is 1. The Kier molecular flexibility index (Phi) is 6.39. The Morgan fingerprint density at radius 1 is 1.03 bits per heavy atom. The molecular weight excluding hydrogens is 386 g/mol. The highest BCUT2D eigenvalue weighted by Crippen LogP contribution is 2.40. The molecule has 0 amide bonds. The molecule has 166 valence electrons. The summed E-state index contributed by atoms with van der Waals surface area (Å²) in [5.41, 5.74) is 2.68. The van der Waals surface area contributed by atoms with Gasteiger partial charge in [-0.15, -0.1) is 0 Å². The molecule has 2 aliphatic heterocycles. The van der Waals surface area contributed by atoms with Gasteiger partial charge in [-0.25, -0.2) is 4.98 Å². The van der Waals surface area contributed by atoms with Gasteiger partial charge in [-0.05, 0) is 31.0 Å². The number of benzene rings is 1. The molecule has 6 nitrogen and oxygen atoms in total. The van der Waals surface area contributed by atoms with Crippen LogP contribution in [0.4, 0.5) is 5.69 Å². The zero-order chi connectivity index (χ0) is 21.0. The predicted molar refractivity (Wildman–Crippen MR) is 125 cm³/mol. The monoisotopic (exact) mass is 421 g/mol. The largest absolute Gasteiger partial charge is 0.476 e. The molecule has 3 heterocycles. The summed E-state index contributed by atoms with van der Waals surface area (Å²) >= 11 is 0. The van der Waals surface area contributed by atoms with Gasteiger partial charge in [-0.2, -0.15) is 0 Å². The maximum atomic E-state index is 5.88. The van der Waals surface area contributed by atoms with Crippen LogP contribution in [0, 0.1) is 5.92 Å². The molecule has 5 rings (SSSR count). The van der Waals surface area contributed by atoms with Crippen molar-refractivity contribution in [3.05, 3.63) is 54.2 Å². The van der Waals surface area contributed by atoms with Gasteiger partial charge < -0.3 is 19.9 Å². The van der Waals surface area contributed by atoms with Gasteiger partial charge in [-0.3, -0.25) is 4.90 Å². The smallest absolute Gasteiger partial charge is 0.213 e. The summed E-state index contributed by atoms with van der Waals surface area (Å²) in [4.78, 5) is 11.8. The van der Waals surface area contributed by atoms with E-state index in [1.54, 1.807) is 0 Å². The summed E-state index contributed by atoms with van der Waals surface area (Å²) in [5.74, 6) is 2.23. The Morgan fingerprint density at radius 2 is 1.84 bits per heavy atom. The highest BCUT2D eigenvalue weighted by atomic mass is 16.5. The molecule has 6 heteroatoms. The van der Waals surface area contributed by atoms with Gasteiger partial charge in [0.2, 0.25) is 5.88 Å². The Bertz CT molecular complexity index is 816. The molecule has 1 aliphatic carbocycles. The van der Waals surface area contributed by atoms with Crippen molar-refractivity contribution < 1.29 is 4.74 Å². The number of likely N-dealkylation sites (N-methyl/N-ethyl adjacent to an activating group) is 1. The minimum absolute atomic E-state index is 0.680. The number of ether oxygens (including phenoxy) is 1. The molecule has 1 N–H and O–H groups in total. The second-order valence-electron chi connectivity index (χ2n) is 9.39. The van der Waals surface area contributed by atoms with E-state index in [1.165, 1.54) is 30.8 Å². The van der Waals surface area contributed by atoms with Crippen LogP contribution in [0.1, 0.15) is 17.9 Å². The molecule has 2 aromatic rings. The average Bonchev–Trinajstić information content (AvgIpc) is 3.56. The SMILES string of the molecule is CN1CCN(c2ccc(OCCN3CC(CN[C@H]4C[C@@H]4c4ccccc4)C3)nc2)CC1. The topological polar surface area (TPSA) is 43.9 Å². The van der Waals surface area contributed by atoms with E-state index in [-0.39, 0.29) is 0 Å². The first-order valence-corrected chi connectivity index (χ1v) is 11.8. The van der Waals surface area contributed by atoms with E-state index in [9.17, 15) is 0 Å². The van der Waals surface area contributed by atoms with Gasteiger partial charge in [0.05, 0.1) is 11.9 Å². The van der Waals surface area contributed by atoms with Crippen LogP contribution in [0.2, 0.25) is 0 Å². The number of pyridine rings is 1. The van der Waals surface area contributed by atoms with E-state index in [2.05, 4.69) is 68.4 Å². The first kappa shape index (κ1) is 20.7. The Labute approximate surface area is 186 Å². The molecule has 0 radical (unpaired) electrons. The predicted octanol–water partition coefficient (Wildman–Crippen LogP) is 2.29. The average molecular weight is 422 g/mol. The van der Waals surface area contributed by atoms with Crippen LogP contribution in [-0.4, -0.2) is 86.8 Å². The lowest BCUT2D eigenvalue weighted by atomic mass is 10.0. The first-order chi connectivity index (χ1) is 15.2. The van der Waals surface area contributed by atoms with Crippen LogP contribution in [-0.2, 0) is 0 Å². The molecular formula is C25H35N5O. The van der Waals surface area contributed by atoms with Crippen LogP contribution in [0.3, 0.4) is 0 Å². The number of nitrogens with zero attached hydrogens (tertiary/aromatic N) is 4. The molecule has 2 atom stereocenters. The van der Waals surface area contributed by atoms with E-state index in [0.717, 1.165) is 57.0 Å². The van der Waals surface area contributed by atoms with Crippen molar-refractivity contribution in [2.45, 2.75) is 18.4 Å². The molecule has 2 saturated heterocycles.